The number of hydrogen-bond acceptors (Lipinski definition) is 4. The molecule has 1 aromatic carbocycles. The maximum atomic E-state index is 13.1. The van der Waals surface area contributed by atoms with Crippen LogP contribution in [0.15, 0.2) is 35.8 Å². The molecule has 2 heterocycles. The molecule has 1 aliphatic heterocycles. The number of thiazole rings is 1. The Morgan fingerprint density at radius 2 is 2.35 bits per heavy atom. The van der Waals surface area contributed by atoms with Crippen molar-refractivity contribution in [2.24, 2.45) is 0 Å². The smallest absolute Gasteiger partial charge is 0.226 e. The molecule has 4 nitrogen and oxygen atoms in total. The molecule has 0 N–H and O–H groups in total. The lowest BCUT2D eigenvalue weighted by atomic mass is 10.0. The minimum Gasteiger partial charge on any atom is -0.493 e. The van der Waals surface area contributed by atoms with E-state index in [2.05, 4.69) is 4.98 Å². The van der Waals surface area contributed by atoms with Gasteiger partial charge in [-0.2, -0.15) is 0 Å². The van der Waals surface area contributed by atoms with Crippen molar-refractivity contribution in [1.29, 1.82) is 0 Å². The monoisotopic (exact) mass is 334 g/mol. The maximum Gasteiger partial charge on any atom is 0.226 e. The molecule has 1 aromatic heterocycles. The van der Waals surface area contributed by atoms with E-state index in [9.17, 15) is 9.18 Å². The third-order valence-electron chi connectivity index (χ3n) is 3.94. The molecule has 23 heavy (non-hydrogen) atoms. The number of aromatic nitrogens is 1. The number of ether oxygens (including phenoxy) is 1. The molecule has 1 fully saturated rings. The highest BCUT2D eigenvalue weighted by atomic mass is 32.1. The molecule has 0 radical (unpaired) electrons. The van der Waals surface area contributed by atoms with Gasteiger partial charge in [-0.15, -0.1) is 11.3 Å². The highest BCUT2D eigenvalue weighted by molar-refractivity contribution is 7.09. The second-order valence-corrected chi connectivity index (χ2v) is 6.45. The summed E-state index contributed by atoms with van der Waals surface area (Å²) in [4.78, 5) is 18.8. The number of amides is 1. The zero-order valence-electron chi connectivity index (χ0n) is 12.8. The molecular weight excluding hydrogens is 315 g/mol. The Morgan fingerprint density at radius 3 is 3.13 bits per heavy atom. The number of likely N-dealkylation sites (tertiary alicyclic amines) is 1. The number of piperidine rings is 1. The average molecular weight is 334 g/mol. The van der Waals surface area contributed by atoms with Crippen LogP contribution in [0.2, 0.25) is 0 Å². The van der Waals surface area contributed by atoms with Crippen molar-refractivity contribution in [2.75, 3.05) is 13.2 Å². The molecule has 0 aliphatic carbocycles. The number of benzene rings is 1. The van der Waals surface area contributed by atoms with Gasteiger partial charge in [0.15, 0.2) is 0 Å². The first kappa shape index (κ1) is 15.9. The van der Waals surface area contributed by atoms with Gasteiger partial charge in [0.05, 0.1) is 19.1 Å². The van der Waals surface area contributed by atoms with E-state index >= 15 is 0 Å². The first-order valence-electron chi connectivity index (χ1n) is 7.81. The van der Waals surface area contributed by atoms with Crippen molar-refractivity contribution >= 4 is 17.2 Å². The predicted molar refractivity (Wildman–Crippen MR) is 86.9 cm³/mol. The van der Waals surface area contributed by atoms with Gasteiger partial charge in [-0.3, -0.25) is 4.79 Å². The number of rotatable bonds is 5. The number of halogens is 1. The third kappa shape index (κ3) is 4.07. The summed E-state index contributed by atoms with van der Waals surface area (Å²) in [7, 11) is 0. The summed E-state index contributed by atoms with van der Waals surface area (Å²) < 4.78 is 18.6. The molecule has 0 bridgehead atoms. The molecule has 0 unspecified atom stereocenters. The van der Waals surface area contributed by atoms with E-state index in [1.807, 2.05) is 10.3 Å². The van der Waals surface area contributed by atoms with Crippen LogP contribution in [0.1, 0.15) is 36.7 Å². The van der Waals surface area contributed by atoms with Crippen LogP contribution in [0, 0.1) is 5.82 Å². The Kier molecular flexibility index (Phi) is 5.23. The molecule has 0 spiro atoms. The second-order valence-electron chi connectivity index (χ2n) is 5.52. The van der Waals surface area contributed by atoms with Crippen molar-refractivity contribution < 1.29 is 13.9 Å². The molecule has 1 saturated heterocycles. The lowest BCUT2D eigenvalue weighted by Crippen LogP contribution is -2.39. The Bertz CT molecular complexity index is 648. The molecule has 1 aliphatic rings. The van der Waals surface area contributed by atoms with Crippen LogP contribution in [-0.4, -0.2) is 28.9 Å². The van der Waals surface area contributed by atoms with E-state index in [-0.39, 0.29) is 24.4 Å². The van der Waals surface area contributed by atoms with Crippen molar-refractivity contribution in [1.82, 2.24) is 9.88 Å². The summed E-state index contributed by atoms with van der Waals surface area (Å²) >= 11 is 1.59. The summed E-state index contributed by atoms with van der Waals surface area (Å²) in [6.45, 7) is 1.02. The predicted octanol–water partition coefficient (Wildman–Crippen LogP) is 3.80. The molecule has 1 amide bonds. The standard InChI is InChI=1S/C17H19FN2O2S/c18-13-4-3-5-14(12-13)22-10-7-16(21)20-9-2-1-6-15(20)17-19-8-11-23-17/h3-5,8,11-12,15H,1-2,6-7,9-10H2/t15-/m1/s1. The van der Waals surface area contributed by atoms with E-state index in [4.69, 9.17) is 4.74 Å². The fourth-order valence-corrected chi connectivity index (χ4v) is 3.63. The lowest BCUT2D eigenvalue weighted by Gasteiger charge is -2.34. The Hall–Kier alpha value is -1.95. The SMILES string of the molecule is O=C(CCOc1cccc(F)c1)N1CCCC[C@@H]1c1nccs1. The quantitative estimate of drug-likeness (QED) is 0.835. The van der Waals surface area contributed by atoms with E-state index < -0.39 is 0 Å². The van der Waals surface area contributed by atoms with Crippen molar-refractivity contribution in [3.63, 3.8) is 0 Å². The number of nitrogens with zero attached hydrogens (tertiary/aromatic N) is 2. The van der Waals surface area contributed by atoms with Crippen molar-refractivity contribution in [3.8, 4) is 5.75 Å². The van der Waals surface area contributed by atoms with Crippen LogP contribution in [0.3, 0.4) is 0 Å². The van der Waals surface area contributed by atoms with E-state index in [1.54, 1.807) is 29.7 Å². The zero-order valence-corrected chi connectivity index (χ0v) is 13.6. The van der Waals surface area contributed by atoms with Crippen LogP contribution in [0.25, 0.3) is 0 Å². The van der Waals surface area contributed by atoms with Gasteiger partial charge in [0, 0.05) is 24.2 Å². The van der Waals surface area contributed by atoms with Gasteiger partial charge in [-0.25, -0.2) is 9.37 Å². The number of carbonyl (C=O) groups excluding carboxylic acids is 1. The molecule has 122 valence electrons. The minimum atomic E-state index is -0.339. The Morgan fingerprint density at radius 1 is 1.43 bits per heavy atom. The second kappa shape index (κ2) is 7.55. The Labute approximate surface area is 138 Å². The number of hydrogen-bond donors (Lipinski definition) is 0. The van der Waals surface area contributed by atoms with Gasteiger partial charge in [0.25, 0.3) is 0 Å². The fourth-order valence-electron chi connectivity index (χ4n) is 2.84. The van der Waals surface area contributed by atoms with Crippen molar-refractivity contribution in [2.45, 2.75) is 31.7 Å². The maximum absolute atomic E-state index is 13.1. The zero-order chi connectivity index (χ0) is 16.1. The van der Waals surface area contributed by atoms with E-state index in [1.165, 1.54) is 12.1 Å². The molecule has 6 heteroatoms. The van der Waals surface area contributed by atoms with Gasteiger partial charge >= 0.3 is 0 Å². The lowest BCUT2D eigenvalue weighted by molar-refractivity contribution is -0.135. The summed E-state index contributed by atoms with van der Waals surface area (Å²) in [5.41, 5.74) is 0. The van der Waals surface area contributed by atoms with Crippen LogP contribution in [0.4, 0.5) is 4.39 Å². The third-order valence-corrected chi connectivity index (χ3v) is 4.82. The minimum absolute atomic E-state index is 0.0707. The summed E-state index contributed by atoms with van der Waals surface area (Å²) in [5, 5.41) is 2.95. The summed E-state index contributed by atoms with van der Waals surface area (Å²) in [6, 6.07) is 6.06. The van der Waals surface area contributed by atoms with Crippen LogP contribution in [0.5, 0.6) is 5.75 Å². The molecule has 1 atom stereocenters. The van der Waals surface area contributed by atoms with Gasteiger partial charge in [-0.1, -0.05) is 6.07 Å². The van der Waals surface area contributed by atoms with Gasteiger partial charge in [0.2, 0.25) is 5.91 Å². The highest BCUT2D eigenvalue weighted by Crippen LogP contribution is 2.32. The Balaban J connectivity index is 1.56. The number of carbonyl (C=O) groups is 1. The normalized spacial score (nSPS) is 18.0. The van der Waals surface area contributed by atoms with Crippen LogP contribution < -0.4 is 4.74 Å². The summed E-state index contributed by atoms with van der Waals surface area (Å²) in [5.74, 6) is 0.183. The van der Waals surface area contributed by atoms with E-state index in [0.717, 1.165) is 30.8 Å². The average Bonchev–Trinajstić information content (AvgIpc) is 3.09. The largest absolute Gasteiger partial charge is 0.493 e. The molecular formula is C17H19FN2O2S. The van der Waals surface area contributed by atoms with Gasteiger partial charge < -0.3 is 9.64 Å². The van der Waals surface area contributed by atoms with Gasteiger partial charge in [-0.05, 0) is 31.4 Å². The topological polar surface area (TPSA) is 42.4 Å². The molecule has 3 rings (SSSR count). The molecule has 0 saturated carbocycles. The first-order valence-corrected chi connectivity index (χ1v) is 8.69. The van der Waals surface area contributed by atoms with Gasteiger partial charge in [0.1, 0.15) is 16.6 Å². The highest BCUT2D eigenvalue weighted by Gasteiger charge is 2.29. The molecule has 2 aromatic rings. The van der Waals surface area contributed by atoms with Crippen molar-refractivity contribution in [3.05, 3.63) is 46.7 Å². The van der Waals surface area contributed by atoms with Crippen LogP contribution >= 0.6 is 11.3 Å². The first-order chi connectivity index (χ1) is 11.2. The van der Waals surface area contributed by atoms with Crippen LogP contribution in [-0.2, 0) is 4.79 Å². The summed E-state index contributed by atoms with van der Waals surface area (Å²) in [6.07, 6.45) is 5.18. The van der Waals surface area contributed by atoms with E-state index in [0.29, 0.717) is 12.2 Å². The fraction of sp³-hybridized carbons (Fsp3) is 0.412.